The average Bonchev–Trinajstić information content (AvgIpc) is 2.70. The van der Waals surface area contributed by atoms with Gasteiger partial charge in [-0.15, -0.1) is 0 Å². The van der Waals surface area contributed by atoms with Gasteiger partial charge in [-0.1, -0.05) is 55.0 Å². The van der Waals surface area contributed by atoms with Crippen LogP contribution in [0.2, 0.25) is 0 Å². The maximum absolute atomic E-state index is 12.9. The fourth-order valence-electron chi connectivity index (χ4n) is 2.80. The molecule has 0 spiro atoms. The Labute approximate surface area is 167 Å². The first-order chi connectivity index (χ1) is 13.4. The predicted octanol–water partition coefficient (Wildman–Crippen LogP) is 3.71. The molecule has 0 saturated carbocycles. The lowest BCUT2D eigenvalue weighted by molar-refractivity contribution is -0.142. The van der Waals surface area contributed by atoms with Crippen molar-refractivity contribution in [3.63, 3.8) is 0 Å². The van der Waals surface area contributed by atoms with Crippen LogP contribution in [-0.4, -0.2) is 35.4 Å². The van der Waals surface area contributed by atoms with Crippen LogP contribution < -0.4 is 10.1 Å². The van der Waals surface area contributed by atoms with Gasteiger partial charge in [0.05, 0.1) is 0 Å². The van der Waals surface area contributed by atoms with Crippen molar-refractivity contribution in [1.29, 1.82) is 0 Å². The van der Waals surface area contributed by atoms with Crippen molar-refractivity contribution >= 4 is 11.8 Å². The van der Waals surface area contributed by atoms with Crippen LogP contribution in [0.15, 0.2) is 54.6 Å². The second-order valence-electron chi connectivity index (χ2n) is 7.11. The minimum absolute atomic E-state index is 0.0615. The molecule has 0 aromatic heterocycles. The molecule has 0 unspecified atom stereocenters. The smallest absolute Gasteiger partial charge is 0.261 e. The van der Waals surface area contributed by atoms with Crippen LogP contribution in [-0.2, 0) is 16.1 Å². The van der Waals surface area contributed by atoms with Crippen molar-refractivity contribution in [3.8, 4) is 5.75 Å². The van der Waals surface area contributed by atoms with Crippen LogP contribution in [0.4, 0.5) is 0 Å². The Balaban J connectivity index is 2.14. The van der Waals surface area contributed by atoms with Gasteiger partial charge in [-0.2, -0.15) is 0 Å². The van der Waals surface area contributed by atoms with E-state index in [1.165, 1.54) is 0 Å². The van der Waals surface area contributed by atoms with Gasteiger partial charge < -0.3 is 15.0 Å². The van der Waals surface area contributed by atoms with E-state index in [-0.39, 0.29) is 24.5 Å². The number of nitrogens with one attached hydrogen (secondary N) is 1. The van der Waals surface area contributed by atoms with E-state index in [4.69, 9.17) is 4.74 Å². The highest BCUT2D eigenvalue weighted by molar-refractivity contribution is 5.88. The van der Waals surface area contributed by atoms with Gasteiger partial charge in [0, 0.05) is 12.6 Å². The van der Waals surface area contributed by atoms with Crippen molar-refractivity contribution in [1.82, 2.24) is 10.2 Å². The number of hydrogen-bond acceptors (Lipinski definition) is 3. The molecule has 0 bridgehead atoms. The maximum atomic E-state index is 12.9. The van der Waals surface area contributed by atoms with Crippen molar-refractivity contribution in [3.05, 3.63) is 65.7 Å². The van der Waals surface area contributed by atoms with E-state index in [0.29, 0.717) is 12.3 Å². The van der Waals surface area contributed by atoms with E-state index in [9.17, 15) is 9.59 Å². The molecular weight excluding hydrogens is 352 g/mol. The molecule has 0 aliphatic carbocycles. The number of para-hydroxylation sites is 1. The van der Waals surface area contributed by atoms with Gasteiger partial charge in [0.1, 0.15) is 11.8 Å². The van der Waals surface area contributed by atoms with E-state index in [2.05, 4.69) is 5.32 Å². The van der Waals surface area contributed by atoms with Crippen LogP contribution in [0.1, 0.15) is 38.3 Å². The van der Waals surface area contributed by atoms with Gasteiger partial charge in [-0.25, -0.2) is 0 Å². The number of ether oxygens (including phenoxy) is 1. The normalized spacial score (nSPS) is 12.7. The lowest BCUT2D eigenvalue weighted by Crippen LogP contribution is -2.50. The first-order valence-electron chi connectivity index (χ1n) is 9.74. The van der Waals surface area contributed by atoms with Gasteiger partial charge in [0.15, 0.2) is 6.61 Å². The van der Waals surface area contributed by atoms with E-state index >= 15 is 0 Å². The third-order valence-electron chi connectivity index (χ3n) is 4.71. The average molecular weight is 383 g/mol. The third-order valence-corrected chi connectivity index (χ3v) is 4.71. The van der Waals surface area contributed by atoms with E-state index in [1.54, 1.807) is 24.0 Å². The van der Waals surface area contributed by atoms with Crippen LogP contribution >= 0.6 is 0 Å². The summed E-state index contributed by atoms with van der Waals surface area (Å²) < 4.78 is 5.62. The summed E-state index contributed by atoms with van der Waals surface area (Å²) in [7, 11) is 0. The number of carbonyl (C=O) groups is 2. The Kier molecular flexibility index (Phi) is 8.05. The Morgan fingerprint density at radius 3 is 2.43 bits per heavy atom. The van der Waals surface area contributed by atoms with E-state index in [1.807, 2.05) is 63.2 Å². The molecule has 1 N–H and O–H groups in total. The second-order valence-corrected chi connectivity index (χ2v) is 7.11. The van der Waals surface area contributed by atoms with Gasteiger partial charge in [-0.05, 0) is 44.9 Å². The second kappa shape index (κ2) is 10.5. The number of benzene rings is 2. The highest BCUT2D eigenvalue weighted by Gasteiger charge is 2.27. The summed E-state index contributed by atoms with van der Waals surface area (Å²) in [5, 5.41) is 2.96. The summed E-state index contributed by atoms with van der Waals surface area (Å²) in [6, 6.07) is 16.6. The summed E-state index contributed by atoms with van der Waals surface area (Å²) in [4.78, 5) is 27.2. The monoisotopic (exact) mass is 382 g/mol. The molecule has 0 fully saturated rings. The molecule has 5 nitrogen and oxygen atoms in total. The summed E-state index contributed by atoms with van der Waals surface area (Å²) in [6.07, 6.45) is 0.835. The maximum Gasteiger partial charge on any atom is 0.261 e. The van der Waals surface area contributed by atoms with Crippen LogP contribution in [0.25, 0.3) is 0 Å². The quantitative estimate of drug-likeness (QED) is 0.719. The predicted molar refractivity (Wildman–Crippen MR) is 111 cm³/mol. The molecule has 2 aromatic rings. The zero-order valence-corrected chi connectivity index (χ0v) is 17.1. The van der Waals surface area contributed by atoms with Crippen molar-refractivity contribution < 1.29 is 14.3 Å². The SMILES string of the molecule is CC[C@@H](C)NC(=O)[C@H](C)N(Cc1cccc(C)c1)C(=O)COc1ccccc1. The number of amides is 2. The molecule has 0 aliphatic rings. The van der Waals surface area contributed by atoms with Crippen molar-refractivity contribution in [2.75, 3.05) is 6.61 Å². The lowest BCUT2D eigenvalue weighted by Gasteiger charge is -2.29. The number of nitrogens with zero attached hydrogens (tertiary/aromatic N) is 1. The highest BCUT2D eigenvalue weighted by Crippen LogP contribution is 2.13. The lowest BCUT2D eigenvalue weighted by atomic mass is 10.1. The Hall–Kier alpha value is -2.82. The Morgan fingerprint density at radius 1 is 1.07 bits per heavy atom. The minimum Gasteiger partial charge on any atom is -0.484 e. The van der Waals surface area contributed by atoms with Gasteiger partial charge in [-0.3, -0.25) is 9.59 Å². The molecule has 2 rings (SSSR count). The number of rotatable bonds is 9. The van der Waals surface area contributed by atoms with Crippen LogP contribution in [0, 0.1) is 6.92 Å². The zero-order valence-electron chi connectivity index (χ0n) is 17.1. The number of hydrogen-bond donors (Lipinski definition) is 1. The molecule has 0 saturated heterocycles. The largest absolute Gasteiger partial charge is 0.484 e. The molecule has 2 atom stereocenters. The fraction of sp³-hybridized carbons (Fsp3) is 0.391. The van der Waals surface area contributed by atoms with Crippen molar-refractivity contribution in [2.24, 2.45) is 0 Å². The molecule has 5 heteroatoms. The molecule has 0 heterocycles. The Morgan fingerprint density at radius 2 is 1.79 bits per heavy atom. The summed E-state index contributed by atoms with van der Waals surface area (Å²) in [6.45, 7) is 7.97. The first kappa shape index (κ1) is 21.5. The molecule has 150 valence electrons. The van der Waals surface area contributed by atoms with Crippen LogP contribution in [0.5, 0.6) is 5.75 Å². The van der Waals surface area contributed by atoms with E-state index < -0.39 is 6.04 Å². The Bertz CT molecular complexity index is 776. The molecule has 0 radical (unpaired) electrons. The standard InChI is InChI=1S/C23H30N2O3/c1-5-18(3)24-23(27)19(4)25(15-20-11-9-10-17(2)14-20)22(26)16-28-21-12-7-6-8-13-21/h6-14,18-19H,5,15-16H2,1-4H3,(H,24,27)/t18-,19+/m1/s1. The molecule has 2 aromatic carbocycles. The zero-order chi connectivity index (χ0) is 20.5. The van der Waals surface area contributed by atoms with Crippen molar-refractivity contribution in [2.45, 2.75) is 52.7 Å². The number of carbonyl (C=O) groups excluding carboxylic acids is 2. The molecular formula is C23H30N2O3. The number of aryl methyl sites for hydroxylation is 1. The minimum atomic E-state index is -0.596. The summed E-state index contributed by atoms with van der Waals surface area (Å²) in [5.74, 6) is 0.246. The summed E-state index contributed by atoms with van der Waals surface area (Å²) >= 11 is 0. The van der Waals surface area contributed by atoms with Gasteiger partial charge in [0.2, 0.25) is 5.91 Å². The summed E-state index contributed by atoms with van der Waals surface area (Å²) in [5.41, 5.74) is 2.10. The van der Waals surface area contributed by atoms with Gasteiger partial charge in [0.25, 0.3) is 5.91 Å². The van der Waals surface area contributed by atoms with Crippen LogP contribution in [0.3, 0.4) is 0 Å². The topological polar surface area (TPSA) is 58.6 Å². The first-order valence-corrected chi connectivity index (χ1v) is 9.74. The molecule has 0 aliphatic heterocycles. The fourth-order valence-corrected chi connectivity index (χ4v) is 2.80. The van der Waals surface area contributed by atoms with Gasteiger partial charge >= 0.3 is 0 Å². The molecule has 28 heavy (non-hydrogen) atoms. The van der Waals surface area contributed by atoms with E-state index in [0.717, 1.165) is 17.5 Å². The third kappa shape index (κ3) is 6.41. The highest BCUT2D eigenvalue weighted by atomic mass is 16.5. The molecule has 2 amide bonds.